The van der Waals surface area contributed by atoms with Gasteiger partial charge >= 0.3 is 0 Å². The molecule has 0 heterocycles. The van der Waals surface area contributed by atoms with Crippen molar-refractivity contribution in [2.24, 2.45) is 11.7 Å². The van der Waals surface area contributed by atoms with Crippen molar-refractivity contribution >= 4 is 5.91 Å². The molecule has 4 N–H and O–H groups in total. The van der Waals surface area contributed by atoms with Crippen molar-refractivity contribution in [2.75, 3.05) is 13.1 Å². The van der Waals surface area contributed by atoms with Gasteiger partial charge in [0.1, 0.15) is 0 Å². The molecule has 0 saturated heterocycles. The topological polar surface area (TPSA) is 75.4 Å². The molecule has 0 aromatic rings. The highest BCUT2D eigenvalue weighted by molar-refractivity contribution is 5.75. The van der Waals surface area contributed by atoms with Gasteiger partial charge in [0.25, 0.3) is 0 Å². The lowest BCUT2D eigenvalue weighted by Gasteiger charge is -2.27. The molecular formula is C14H28N2O2. The summed E-state index contributed by atoms with van der Waals surface area (Å²) >= 11 is 0. The maximum atomic E-state index is 11.6. The zero-order chi connectivity index (χ0) is 13.2. The van der Waals surface area contributed by atoms with Crippen LogP contribution in [0.5, 0.6) is 0 Å². The van der Waals surface area contributed by atoms with Crippen LogP contribution in [0.3, 0.4) is 0 Å². The first-order chi connectivity index (χ1) is 8.74. The van der Waals surface area contributed by atoms with E-state index in [1.54, 1.807) is 0 Å². The van der Waals surface area contributed by atoms with E-state index in [0.29, 0.717) is 13.0 Å². The highest BCUT2D eigenvalue weighted by atomic mass is 16.3. The van der Waals surface area contributed by atoms with E-state index in [1.807, 2.05) is 0 Å². The van der Waals surface area contributed by atoms with Crippen LogP contribution in [0.2, 0.25) is 0 Å². The van der Waals surface area contributed by atoms with Gasteiger partial charge < -0.3 is 16.2 Å². The summed E-state index contributed by atoms with van der Waals surface area (Å²) in [6, 6.07) is 0. The van der Waals surface area contributed by atoms with Crippen LogP contribution >= 0.6 is 0 Å². The van der Waals surface area contributed by atoms with Crippen molar-refractivity contribution in [1.29, 1.82) is 0 Å². The van der Waals surface area contributed by atoms with E-state index < -0.39 is 0 Å². The van der Waals surface area contributed by atoms with Crippen molar-refractivity contribution < 1.29 is 9.90 Å². The van der Waals surface area contributed by atoms with Crippen molar-refractivity contribution in [2.45, 2.75) is 63.9 Å². The number of amides is 1. The Morgan fingerprint density at radius 1 is 1.17 bits per heavy atom. The Bertz CT molecular complexity index is 234. The minimum atomic E-state index is -0.219. The molecule has 4 heteroatoms. The average molecular weight is 256 g/mol. The number of hydrogen-bond donors (Lipinski definition) is 3. The van der Waals surface area contributed by atoms with Crippen molar-refractivity contribution in [3.63, 3.8) is 0 Å². The van der Waals surface area contributed by atoms with E-state index in [2.05, 4.69) is 5.32 Å². The summed E-state index contributed by atoms with van der Waals surface area (Å²) in [4.78, 5) is 11.6. The molecule has 0 aliphatic heterocycles. The third-order valence-corrected chi connectivity index (χ3v) is 3.79. The van der Waals surface area contributed by atoms with E-state index in [4.69, 9.17) is 5.73 Å². The van der Waals surface area contributed by atoms with Gasteiger partial charge in [-0.3, -0.25) is 4.79 Å². The van der Waals surface area contributed by atoms with Gasteiger partial charge in [0.05, 0.1) is 6.10 Å². The Labute approximate surface area is 110 Å². The largest absolute Gasteiger partial charge is 0.393 e. The van der Waals surface area contributed by atoms with Gasteiger partial charge in [0.15, 0.2) is 0 Å². The number of nitrogens with one attached hydrogen (secondary N) is 1. The summed E-state index contributed by atoms with van der Waals surface area (Å²) in [6.07, 6.45) is 8.80. The molecule has 1 aliphatic carbocycles. The number of carbonyl (C=O) groups is 1. The van der Waals surface area contributed by atoms with E-state index in [-0.39, 0.29) is 17.9 Å². The number of hydrogen-bond acceptors (Lipinski definition) is 3. The summed E-state index contributed by atoms with van der Waals surface area (Å²) in [5, 5.41) is 12.7. The predicted molar refractivity (Wildman–Crippen MR) is 73.1 cm³/mol. The number of carbonyl (C=O) groups excluding carboxylic acids is 1. The van der Waals surface area contributed by atoms with Crippen molar-refractivity contribution in [3.8, 4) is 0 Å². The van der Waals surface area contributed by atoms with Crippen LogP contribution < -0.4 is 11.1 Å². The first-order valence-corrected chi connectivity index (χ1v) is 7.39. The molecule has 4 nitrogen and oxygen atoms in total. The van der Waals surface area contributed by atoms with Gasteiger partial charge in [-0.1, -0.05) is 25.7 Å². The maximum absolute atomic E-state index is 11.6. The van der Waals surface area contributed by atoms with Gasteiger partial charge in [-0.15, -0.1) is 0 Å². The Morgan fingerprint density at radius 2 is 1.89 bits per heavy atom. The Balaban J connectivity index is 2.02. The second-order valence-electron chi connectivity index (χ2n) is 5.37. The third-order valence-electron chi connectivity index (χ3n) is 3.79. The smallest absolute Gasteiger partial charge is 0.220 e. The van der Waals surface area contributed by atoms with Crippen LogP contribution in [-0.4, -0.2) is 30.2 Å². The Morgan fingerprint density at radius 3 is 2.61 bits per heavy atom. The summed E-state index contributed by atoms with van der Waals surface area (Å²) < 4.78 is 0. The predicted octanol–water partition coefficient (Wildman–Crippen LogP) is 1.56. The van der Waals surface area contributed by atoms with Gasteiger partial charge in [0, 0.05) is 18.9 Å². The molecule has 2 unspecified atom stereocenters. The number of rotatable bonds is 8. The fourth-order valence-electron chi connectivity index (χ4n) is 2.54. The molecular weight excluding hydrogens is 228 g/mol. The van der Waals surface area contributed by atoms with Crippen LogP contribution in [0.4, 0.5) is 0 Å². The van der Waals surface area contributed by atoms with E-state index in [9.17, 15) is 9.90 Å². The first-order valence-electron chi connectivity index (χ1n) is 7.39. The fraction of sp³-hybridized carbons (Fsp3) is 0.929. The van der Waals surface area contributed by atoms with E-state index >= 15 is 0 Å². The molecule has 1 saturated carbocycles. The highest BCUT2D eigenvalue weighted by Gasteiger charge is 2.22. The fourth-order valence-corrected chi connectivity index (χ4v) is 2.54. The van der Waals surface area contributed by atoms with Gasteiger partial charge in [0.2, 0.25) is 5.91 Å². The number of unbranched alkanes of at least 4 members (excludes halogenated alkanes) is 3. The van der Waals surface area contributed by atoms with Crippen LogP contribution in [0.25, 0.3) is 0 Å². The van der Waals surface area contributed by atoms with Gasteiger partial charge in [-0.05, 0) is 32.2 Å². The standard InChI is InChI=1S/C14H28N2O2/c15-10-6-2-1-3-9-14(18)16-11-12-7-4-5-8-13(12)17/h12-13,17H,1-11,15H2,(H,16,18). The zero-order valence-corrected chi connectivity index (χ0v) is 11.4. The van der Waals surface area contributed by atoms with Crippen LogP contribution in [0, 0.1) is 5.92 Å². The third kappa shape index (κ3) is 6.36. The minimum Gasteiger partial charge on any atom is -0.393 e. The lowest BCUT2D eigenvalue weighted by atomic mass is 9.86. The van der Waals surface area contributed by atoms with E-state index in [1.165, 1.54) is 6.42 Å². The molecule has 0 spiro atoms. The molecule has 106 valence electrons. The zero-order valence-electron chi connectivity index (χ0n) is 11.4. The molecule has 1 aliphatic rings. The van der Waals surface area contributed by atoms with Crippen molar-refractivity contribution in [3.05, 3.63) is 0 Å². The molecule has 0 radical (unpaired) electrons. The quantitative estimate of drug-likeness (QED) is 0.577. The monoisotopic (exact) mass is 256 g/mol. The normalized spacial score (nSPS) is 23.9. The lowest BCUT2D eigenvalue weighted by Crippen LogP contribution is -2.36. The molecule has 1 amide bonds. The summed E-state index contributed by atoms with van der Waals surface area (Å²) in [6.45, 7) is 1.38. The summed E-state index contributed by atoms with van der Waals surface area (Å²) in [7, 11) is 0. The number of aliphatic hydroxyl groups excluding tert-OH is 1. The second-order valence-corrected chi connectivity index (χ2v) is 5.37. The van der Waals surface area contributed by atoms with Crippen LogP contribution in [-0.2, 0) is 4.79 Å². The summed E-state index contributed by atoms with van der Waals surface area (Å²) in [5.74, 6) is 0.389. The molecule has 0 bridgehead atoms. The average Bonchev–Trinajstić information content (AvgIpc) is 2.37. The van der Waals surface area contributed by atoms with E-state index in [0.717, 1.165) is 51.5 Å². The van der Waals surface area contributed by atoms with Gasteiger partial charge in [-0.2, -0.15) is 0 Å². The molecule has 18 heavy (non-hydrogen) atoms. The number of aliphatic hydroxyl groups is 1. The molecule has 1 rings (SSSR count). The van der Waals surface area contributed by atoms with Crippen molar-refractivity contribution in [1.82, 2.24) is 5.32 Å². The van der Waals surface area contributed by atoms with Crippen LogP contribution in [0.1, 0.15) is 57.8 Å². The summed E-state index contributed by atoms with van der Waals surface area (Å²) in [5.41, 5.74) is 5.41. The SMILES string of the molecule is NCCCCCCC(=O)NCC1CCCCC1O. The molecule has 0 aromatic heterocycles. The maximum Gasteiger partial charge on any atom is 0.220 e. The van der Waals surface area contributed by atoms with Gasteiger partial charge in [-0.25, -0.2) is 0 Å². The number of nitrogens with two attached hydrogens (primary N) is 1. The second kappa shape index (κ2) is 9.34. The molecule has 1 fully saturated rings. The lowest BCUT2D eigenvalue weighted by molar-refractivity contribution is -0.121. The minimum absolute atomic E-state index is 0.125. The Kier molecular flexibility index (Phi) is 8.01. The first kappa shape index (κ1) is 15.4. The molecule has 0 aromatic carbocycles. The van der Waals surface area contributed by atoms with Crippen LogP contribution in [0.15, 0.2) is 0 Å². The molecule has 2 atom stereocenters. The Hall–Kier alpha value is -0.610. The highest BCUT2D eigenvalue weighted by Crippen LogP contribution is 2.23.